The summed E-state index contributed by atoms with van der Waals surface area (Å²) in [5.74, 6) is 0.777. The molecule has 0 aliphatic carbocycles. The number of phenols is 1. The zero-order valence-corrected chi connectivity index (χ0v) is 10.4. The predicted molar refractivity (Wildman–Crippen MR) is 66.8 cm³/mol. The van der Waals surface area contributed by atoms with Crippen LogP contribution in [0.1, 0.15) is 30.0 Å². The van der Waals surface area contributed by atoms with E-state index in [0.717, 1.165) is 11.5 Å². The van der Waals surface area contributed by atoms with Crippen LogP contribution in [-0.4, -0.2) is 5.11 Å². The van der Waals surface area contributed by atoms with Gasteiger partial charge in [-0.15, -0.1) is 0 Å². The van der Waals surface area contributed by atoms with E-state index in [1.54, 1.807) is 12.1 Å². The van der Waals surface area contributed by atoms with E-state index in [-0.39, 0.29) is 11.8 Å². The van der Waals surface area contributed by atoms with E-state index in [1.807, 2.05) is 26.0 Å². The smallest absolute Gasteiger partial charge is 0.165 e. The largest absolute Gasteiger partial charge is 0.505 e. The molecule has 0 saturated heterocycles. The average Bonchev–Trinajstić information content (AvgIpc) is 2.77. The van der Waals surface area contributed by atoms with Gasteiger partial charge in [-0.25, -0.2) is 4.39 Å². The fourth-order valence-electron chi connectivity index (χ4n) is 1.75. The van der Waals surface area contributed by atoms with Crippen LogP contribution in [0.5, 0.6) is 5.75 Å². The van der Waals surface area contributed by atoms with E-state index in [9.17, 15) is 9.50 Å². The summed E-state index contributed by atoms with van der Waals surface area (Å²) < 4.78 is 18.6. The van der Waals surface area contributed by atoms with Gasteiger partial charge < -0.3 is 14.8 Å². The molecule has 2 N–H and O–H groups in total. The molecule has 0 saturated carbocycles. The monoisotopic (exact) mass is 249 g/mol. The lowest BCUT2D eigenvalue weighted by Crippen LogP contribution is -2.17. The molecule has 96 valence electrons. The maximum absolute atomic E-state index is 13.1. The maximum atomic E-state index is 13.1. The van der Waals surface area contributed by atoms with Crippen molar-refractivity contribution in [2.45, 2.75) is 26.4 Å². The van der Waals surface area contributed by atoms with Crippen molar-refractivity contribution in [2.24, 2.45) is 0 Å². The summed E-state index contributed by atoms with van der Waals surface area (Å²) in [5, 5.41) is 12.7. The first-order chi connectivity index (χ1) is 8.58. The van der Waals surface area contributed by atoms with E-state index in [1.165, 1.54) is 6.07 Å². The minimum Gasteiger partial charge on any atom is -0.505 e. The third-order valence-corrected chi connectivity index (χ3v) is 2.86. The summed E-state index contributed by atoms with van der Waals surface area (Å²) in [5.41, 5.74) is 0.533. The number of para-hydroxylation sites is 1. The Morgan fingerprint density at radius 3 is 2.78 bits per heavy atom. The van der Waals surface area contributed by atoms with Crippen LogP contribution in [0.25, 0.3) is 0 Å². The molecular formula is C14H16FNO2. The maximum Gasteiger partial charge on any atom is 0.165 e. The summed E-state index contributed by atoms with van der Waals surface area (Å²) >= 11 is 0. The van der Waals surface area contributed by atoms with Crippen LogP contribution < -0.4 is 5.32 Å². The lowest BCUT2D eigenvalue weighted by Gasteiger charge is -2.12. The van der Waals surface area contributed by atoms with Crippen LogP contribution in [0.3, 0.4) is 0 Å². The molecule has 1 unspecified atom stereocenters. The predicted octanol–water partition coefficient (Wildman–Crippen LogP) is 3.28. The fourth-order valence-corrected chi connectivity index (χ4v) is 1.75. The normalized spacial score (nSPS) is 12.6. The SMILES string of the molecule is Cc1ccc(C(C)NCc2cccc(F)c2O)o1. The third-order valence-electron chi connectivity index (χ3n) is 2.86. The number of hydrogen-bond acceptors (Lipinski definition) is 3. The Kier molecular flexibility index (Phi) is 3.67. The second-order valence-electron chi connectivity index (χ2n) is 4.30. The molecule has 0 aliphatic heterocycles. The van der Waals surface area contributed by atoms with Crippen molar-refractivity contribution in [3.8, 4) is 5.75 Å². The van der Waals surface area contributed by atoms with Gasteiger partial charge in [-0.2, -0.15) is 0 Å². The quantitative estimate of drug-likeness (QED) is 0.874. The fraction of sp³-hybridized carbons (Fsp3) is 0.286. The Morgan fingerprint density at radius 1 is 1.33 bits per heavy atom. The van der Waals surface area contributed by atoms with Crippen LogP contribution in [0.4, 0.5) is 4.39 Å². The minimum absolute atomic E-state index is 0.00127. The number of hydrogen-bond donors (Lipinski definition) is 2. The Balaban J connectivity index is 2.01. The molecule has 1 aromatic heterocycles. The lowest BCUT2D eigenvalue weighted by atomic mass is 10.1. The highest BCUT2D eigenvalue weighted by Crippen LogP contribution is 2.22. The lowest BCUT2D eigenvalue weighted by molar-refractivity contribution is 0.402. The Bertz CT molecular complexity index is 536. The number of benzene rings is 1. The molecular weight excluding hydrogens is 233 g/mol. The zero-order chi connectivity index (χ0) is 13.1. The number of furan rings is 1. The van der Waals surface area contributed by atoms with E-state index < -0.39 is 5.82 Å². The molecule has 1 aromatic carbocycles. The second kappa shape index (κ2) is 5.23. The number of aryl methyl sites for hydroxylation is 1. The van der Waals surface area contributed by atoms with Gasteiger partial charge in [-0.05, 0) is 32.0 Å². The molecule has 0 aliphatic rings. The van der Waals surface area contributed by atoms with Crippen molar-refractivity contribution in [1.29, 1.82) is 0 Å². The second-order valence-corrected chi connectivity index (χ2v) is 4.30. The molecule has 18 heavy (non-hydrogen) atoms. The summed E-state index contributed by atoms with van der Waals surface area (Å²) in [6, 6.07) is 8.30. The first kappa shape index (κ1) is 12.6. The van der Waals surface area contributed by atoms with Gasteiger partial charge in [0.15, 0.2) is 11.6 Å². The van der Waals surface area contributed by atoms with E-state index in [0.29, 0.717) is 12.1 Å². The number of phenolic OH excluding ortho intramolecular Hbond substituents is 1. The summed E-state index contributed by atoms with van der Waals surface area (Å²) in [4.78, 5) is 0. The van der Waals surface area contributed by atoms with Gasteiger partial charge in [0.25, 0.3) is 0 Å². The Labute approximate surface area is 105 Å². The molecule has 0 fully saturated rings. The topological polar surface area (TPSA) is 45.4 Å². The van der Waals surface area contributed by atoms with E-state index in [4.69, 9.17) is 4.42 Å². The van der Waals surface area contributed by atoms with Crippen molar-refractivity contribution in [2.75, 3.05) is 0 Å². The van der Waals surface area contributed by atoms with Gasteiger partial charge >= 0.3 is 0 Å². The van der Waals surface area contributed by atoms with Crippen molar-refractivity contribution < 1.29 is 13.9 Å². The highest BCUT2D eigenvalue weighted by atomic mass is 19.1. The van der Waals surface area contributed by atoms with Crippen molar-refractivity contribution in [1.82, 2.24) is 5.32 Å². The van der Waals surface area contributed by atoms with Gasteiger partial charge in [-0.3, -0.25) is 0 Å². The molecule has 4 heteroatoms. The summed E-state index contributed by atoms with van der Waals surface area (Å²) in [6.07, 6.45) is 0. The van der Waals surface area contributed by atoms with Gasteiger partial charge in [-0.1, -0.05) is 12.1 Å². The Morgan fingerprint density at radius 2 is 2.11 bits per heavy atom. The standard InChI is InChI=1S/C14H16FNO2/c1-9-6-7-13(18-9)10(2)16-8-11-4-3-5-12(15)14(11)17/h3-7,10,16-17H,8H2,1-2H3. The number of rotatable bonds is 4. The number of aromatic hydroxyl groups is 1. The van der Waals surface area contributed by atoms with E-state index >= 15 is 0 Å². The van der Waals surface area contributed by atoms with Gasteiger partial charge in [0.1, 0.15) is 11.5 Å². The molecule has 0 amide bonds. The van der Waals surface area contributed by atoms with Crippen LogP contribution in [0.2, 0.25) is 0 Å². The number of nitrogens with one attached hydrogen (secondary N) is 1. The molecule has 1 heterocycles. The molecule has 3 nitrogen and oxygen atoms in total. The molecule has 2 aromatic rings. The molecule has 0 radical (unpaired) electrons. The van der Waals surface area contributed by atoms with Gasteiger partial charge in [0, 0.05) is 12.1 Å². The Hall–Kier alpha value is -1.81. The molecule has 1 atom stereocenters. The highest BCUT2D eigenvalue weighted by Gasteiger charge is 2.11. The van der Waals surface area contributed by atoms with Crippen LogP contribution in [0.15, 0.2) is 34.7 Å². The summed E-state index contributed by atoms with van der Waals surface area (Å²) in [6.45, 7) is 4.22. The molecule has 2 rings (SSSR count). The molecule has 0 bridgehead atoms. The third kappa shape index (κ3) is 2.71. The first-order valence-corrected chi connectivity index (χ1v) is 5.84. The van der Waals surface area contributed by atoms with Gasteiger partial charge in [0.2, 0.25) is 0 Å². The molecule has 0 spiro atoms. The van der Waals surface area contributed by atoms with Crippen molar-refractivity contribution in [3.05, 3.63) is 53.2 Å². The average molecular weight is 249 g/mol. The van der Waals surface area contributed by atoms with Crippen molar-refractivity contribution >= 4 is 0 Å². The van der Waals surface area contributed by atoms with Gasteiger partial charge in [0.05, 0.1) is 6.04 Å². The minimum atomic E-state index is -0.601. The van der Waals surface area contributed by atoms with Crippen LogP contribution in [0, 0.1) is 12.7 Å². The van der Waals surface area contributed by atoms with Crippen LogP contribution >= 0.6 is 0 Å². The highest BCUT2D eigenvalue weighted by molar-refractivity contribution is 5.33. The van der Waals surface area contributed by atoms with Crippen molar-refractivity contribution in [3.63, 3.8) is 0 Å². The zero-order valence-electron chi connectivity index (χ0n) is 10.4. The number of halogens is 1. The summed E-state index contributed by atoms with van der Waals surface area (Å²) in [7, 11) is 0. The van der Waals surface area contributed by atoms with Crippen LogP contribution in [-0.2, 0) is 6.54 Å². The first-order valence-electron chi connectivity index (χ1n) is 5.84. The van der Waals surface area contributed by atoms with E-state index in [2.05, 4.69) is 5.32 Å².